The van der Waals surface area contributed by atoms with Crippen molar-refractivity contribution in [2.24, 2.45) is 4.99 Å². The minimum atomic E-state index is -0.225. The van der Waals surface area contributed by atoms with Crippen molar-refractivity contribution in [1.82, 2.24) is 15.1 Å². The van der Waals surface area contributed by atoms with E-state index in [0.29, 0.717) is 6.54 Å². The molecule has 1 saturated heterocycles. The summed E-state index contributed by atoms with van der Waals surface area (Å²) in [5.74, 6) is 0.516. The number of amides is 1. The first-order valence-electron chi connectivity index (χ1n) is 9.81. The van der Waals surface area contributed by atoms with Gasteiger partial charge in [-0.05, 0) is 29.8 Å². The van der Waals surface area contributed by atoms with Gasteiger partial charge in [0.15, 0.2) is 5.96 Å². The lowest BCUT2D eigenvalue weighted by atomic mass is 10.2. The maximum absolute atomic E-state index is 13.2. The van der Waals surface area contributed by atoms with Crippen molar-refractivity contribution >= 4 is 17.6 Å². The van der Waals surface area contributed by atoms with Gasteiger partial charge in [0.25, 0.3) is 0 Å². The fraction of sp³-hybridized carbons (Fsp3) is 0.364. The predicted molar refractivity (Wildman–Crippen MR) is 114 cm³/mol. The summed E-state index contributed by atoms with van der Waals surface area (Å²) in [6, 6.07) is 16.6. The Morgan fingerprint density at radius 1 is 1.03 bits per heavy atom. The molecule has 0 aliphatic carbocycles. The Morgan fingerprint density at radius 2 is 1.69 bits per heavy atom. The molecular weight excluding hydrogens is 369 g/mol. The molecule has 1 N–H and O–H groups in total. The SMILES string of the molecule is CN(C)C(=O)CNC(=NCc1ccccc1)N1CCN(c2ccc(F)cc2)CC1. The van der Waals surface area contributed by atoms with Crippen LogP contribution in [0.15, 0.2) is 59.6 Å². The van der Waals surface area contributed by atoms with Crippen molar-refractivity contribution in [2.45, 2.75) is 6.54 Å². The summed E-state index contributed by atoms with van der Waals surface area (Å²) in [5, 5.41) is 3.22. The molecule has 0 saturated carbocycles. The third kappa shape index (κ3) is 5.94. The smallest absolute Gasteiger partial charge is 0.241 e. The Bertz CT molecular complexity index is 815. The Labute approximate surface area is 171 Å². The first-order chi connectivity index (χ1) is 14.0. The van der Waals surface area contributed by atoms with Gasteiger partial charge in [-0.3, -0.25) is 4.79 Å². The summed E-state index contributed by atoms with van der Waals surface area (Å²) in [6.45, 7) is 3.91. The van der Waals surface area contributed by atoms with Crippen LogP contribution in [0.3, 0.4) is 0 Å². The number of anilines is 1. The zero-order valence-corrected chi connectivity index (χ0v) is 17.0. The van der Waals surface area contributed by atoms with E-state index in [1.165, 1.54) is 12.1 Å². The standard InChI is InChI=1S/C22H28FN5O/c1-26(2)21(29)17-25-22(24-16-18-6-4-3-5-7-18)28-14-12-27(13-15-28)20-10-8-19(23)9-11-20/h3-11H,12-17H2,1-2H3,(H,24,25). The van der Waals surface area contributed by atoms with Gasteiger partial charge in [0.05, 0.1) is 13.1 Å². The molecule has 154 valence electrons. The minimum Gasteiger partial charge on any atom is -0.368 e. The second kappa shape index (κ2) is 9.91. The van der Waals surface area contributed by atoms with E-state index in [9.17, 15) is 9.18 Å². The van der Waals surface area contributed by atoms with Crippen LogP contribution in [-0.2, 0) is 11.3 Å². The quantitative estimate of drug-likeness (QED) is 0.621. The number of halogens is 1. The monoisotopic (exact) mass is 397 g/mol. The van der Waals surface area contributed by atoms with Crippen LogP contribution in [0.25, 0.3) is 0 Å². The summed E-state index contributed by atoms with van der Waals surface area (Å²) < 4.78 is 13.2. The molecule has 0 spiro atoms. The van der Waals surface area contributed by atoms with Crippen LogP contribution in [0.5, 0.6) is 0 Å². The lowest BCUT2D eigenvalue weighted by molar-refractivity contribution is -0.127. The summed E-state index contributed by atoms with van der Waals surface area (Å²) in [4.78, 5) is 22.7. The second-order valence-electron chi connectivity index (χ2n) is 7.22. The van der Waals surface area contributed by atoms with Crippen LogP contribution < -0.4 is 10.2 Å². The molecule has 1 heterocycles. The number of aliphatic imine (C=N–C) groups is 1. The molecule has 1 fully saturated rings. The maximum Gasteiger partial charge on any atom is 0.241 e. The third-order valence-corrected chi connectivity index (χ3v) is 4.92. The van der Waals surface area contributed by atoms with Gasteiger partial charge in [-0.25, -0.2) is 9.38 Å². The van der Waals surface area contributed by atoms with E-state index >= 15 is 0 Å². The second-order valence-corrected chi connectivity index (χ2v) is 7.22. The minimum absolute atomic E-state index is 0.00218. The molecule has 1 amide bonds. The van der Waals surface area contributed by atoms with Crippen LogP contribution in [0.4, 0.5) is 10.1 Å². The zero-order chi connectivity index (χ0) is 20.6. The van der Waals surface area contributed by atoms with Crippen LogP contribution in [-0.4, -0.2) is 68.5 Å². The maximum atomic E-state index is 13.2. The van der Waals surface area contributed by atoms with Gasteiger partial charge in [-0.2, -0.15) is 0 Å². The molecule has 2 aromatic carbocycles. The van der Waals surface area contributed by atoms with Gasteiger partial charge in [0, 0.05) is 46.0 Å². The van der Waals surface area contributed by atoms with Crippen LogP contribution in [0.1, 0.15) is 5.56 Å². The van der Waals surface area contributed by atoms with Crippen molar-refractivity contribution in [3.8, 4) is 0 Å². The van der Waals surface area contributed by atoms with Gasteiger partial charge in [0.2, 0.25) is 5.91 Å². The number of piperazine rings is 1. The normalized spacial score (nSPS) is 14.7. The molecule has 3 rings (SSSR count). The summed E-state index contributed by atoms with van der Waals surface area (Å²) in [7, 11) is 3.48. The number of hydrogen-bond donors (Lipinski definition) is 1. The third-order valence-electron chi connectivity index (χ3n) is 4.92. The van der Waals surface area contributed by atoms with Crippen molar-refractivity contribution in [3.05, 3.63) is 66.0 Å². The molecule has 0 unspecified atom stereocenters. The number of hydrogen-bond acceptors (Lipinski definition) is 3. The van der Waals surface area contributed by atoms with Crippen LogP contribution in [0.2, 0.25) is 0 Å². The van der Waals surface area contributed by atoms with E-state index < -0.39 is 0 Å². The first-order valence-corrected chi connectivity index (χ1v) is 9.81. The van der Waals surface area contributed by atoms with Crippen molar-refractivity contribution in [3.63, 3.8) is 0 Å². The van der Waals surface area contributed by atoms with E-state index in [1.54, 1.807) is 19.0 Å². The zero-order valence-electron chi connectivity index (χ0n) is 17.0. The summed E-state index contributed by atoms with van der Waals surface area (Å²) in [5.41, 5.74) is 2.14. The molecule has 1 aliphatic rings. The number of likely N-dealkylation sites (N-methyl/N-ethyl adjacent to an activating group) is 1. The fourth-order valence-electron chi connectivity index (χ4n) is 3.16. The number of guanidine groups is 1. The van der Waals surface area contributed by atoms with Gasteiger partial charge in [-0.1, -0.05) is 30.3 Å². The highest BCUT2D eigenvalue weighted by Gasteiger charge is 2.20. The van der Waals surface area contributed by atoms with Crippen molar-refractivity contribution in [2.75, 3.05) is 51.7 Å². The Balaban J connectivity index is 1.65. The molecule has 1 aliphatic heterocycles. The lowest BCUT2D eigenvalue weighted by Gasteiger charge is -2.37. The molecule has 7 heteroatoms. The van der Waals surface area contributed by atoms with E-state index in [1.807, 2.05) is 42.5 Å². The van der Waals surface area contributed by atoms with Crippen molar-refractivity contribution in [1.29, 1.82) is 0 Å². The first kappa shape index (κ1) is 20.6. The molecule has 0 atom stereocenters. The number of carbonyl (C=O) groups is 1. The average Bonchev–Trinajstić information content (AvgIpc) is 2.75. The van der Waals surface area contributed by atoms with Gasteiger partial charge in [-0.15, -0.1) is 0 Å². The Morgan fingerprint density at radius 3 is 2.31 bits per heavy atom. The van der Waals surface area contributed by atoms with E-state index in [0.717, 1.165) is 43.4 Å². The molecule has 0 bridgehead atoms. The number of rotatable bonds is 5. The summed E-state index contributed by atoms with van der Waals surface area (Å²) in [6.07, 6.45) is 0. The number of nitrogens with one attached hydrogen (secondary N) is 1. The van der Waals surface area contributed by atoms with Crippen LogP contribution >= 0.6 is 0 Å². The van der Waals surface area contributed by atoms with E-state index in [-0.39, 0.29) is 18.3 Å². The molecule has 2 aromatic rings. The van der Waals surface area contributed by atoms with E-state index in [4.69, 9.17) is 4.99 Å². The number of benzene rings is 2. The fourth-order valence-corrected chi connectivity index (χ4v) is 3.16. The van der Waals surface area contributed by atoms with Gasteiger partial charge >= 0.3 is 0 Å². The largest absolute Gasteiger partial charge is 0.368 e. The van der Waals surface area contributed by atoms with Crippen LogP contribution in [0, 0.1) is 5.82 Å². The molecule has 0 radical (unpaired) electrons. The highest BCUT2D eigenvalue weighted by molar-refractivity contribution is 5.86. The Hall–Kier alpha value is -3.09. The highest BCUT2D eigenvalue weighted by Crippen LogP contribution is 2.17. The predicted octanol–water partition coefficient (Wildman–Crippen LogP) is 2.18. The number of carbonyl (C=O) groups excluding carboxylic acids is 1. The van der Waals surface area contributed by atoms with Gasteiger partial charge in [0.1, 0.15) is 5.82 Å². The highest BCUT2D eigenvalue weighted by atomic mass is 19.1. The molecular formula is C22H28FN5O. The van der Waals surface area contributed by atoms with Gasteiger partial charge < -0.3 is 20.0 Å². The Kier molecular flexibility index (Phi) is 7.05. The topological polar surface area (TPSA) is 51.2 Å². The lowest BCUT2D eigenvalue weighted by Crippen LogP contribution is -2.53. The summed E-state index contributed by atoms with van der Waals surface area (Å²) >= 11 is 0. The average molecular weight is 397 g/mol. The molecule has 0 aromatic heterocycles. The molecule has 6 nitrogen and oxygen atoms in total. The van der Waals surface area contributed by atoms with Crippen molar-refractivity contribution < 1.29 is 9.18 Å². The van der Waals surface area contributed by atoms with E-state index in [2.05, 4.69) is 15.1 Å². The number of nitrogens with zero attached hydrogens (tertiary/aromatic N) is 4. The molecule has 29 heavy (non-hydrogen) atoms.